The lowest BCUT2D eigenvalue weighted by Crippen LogP contribution is -2.45. The number of rotatable bonds is 1. The van der Waals surface area contributed by atoms with Crippen molar-refractivity contribution in [1.82, 2.24) is 9.47 Å². The molecule has 2 N–H and O–H groups in total. The molecule has 0 atom stereocenters. The highest BCUT2D eigenvalue weighted by Crippen LogP contribution is 2.21. The highest BCUT2D eigenvalue weighted by molar-refractivity contribution is 5.67. The molecule has 94 valence electrons. The number of nitrogens with two attached hydrogens (primary N) is 1. The number of nitrogens with zero attached hydrogens (tertiary/aromatic N) is 3. The average Bonchev–Trinajstić information content (AvgIpc) is 2.32. The van der Waals surface area contributed by atoms with E-state index in [1.54, 1.807) is 11.6 Å². The van der Waals surface area contributed by atoms with Gasteiger partial charge in [-0.15, -0.1) is 0 Å². The molecule has 1 aliphatic heterocycles. The SMILES string of the molecule is Cc1cc(N2CCN(C)CC2)c(N)c(=O)n1C. The van der Waals surface area contributed by atoms with Gasteiger partial charge in [0.05, 0.1) is 5.69 Å². The van der Waals surface area contributed by atoms with Gasteiger partial charge in [0.2, 0.25) is 0 Å². The standard InChI is InChI=1S/C12H20N4O/c1-9-8-10(11(13)12(17)15(9)3)16-6-4-14(2)5-7-16/h8H,4-7,13H2,1-3H3. The van der Waals surface area contributed by atoms with E-state index in [2.05, 4.69) is 16.8 Å². The lowest BCUT2D eigenvalue weighted by atomic mass is 10.2. The fourth-order valence-electron chi connectivity index (χ4n) is 2.13. The second-order valence-corrected chi connectivity index (χ2v) is 4.74. The summed E-state index contributed by atoms with van der Waals surface area (Å²) in [5.74, 6) is 0. The van der Waals surface area contributed by atoms with Gasteiger partial charge in [0.1, 0.15) is 5.69 Å². The molecule has 17 heavy (non-hydrogen) atoms. The molecule has 5 nitrogen and oxygen atoms in total. The van der Waals surface area contributed by atoms with Crippen molar-refractivity contribution in [2.24, 2.45) is 7.05 Å². The minimum Gasteiger partial charge on any atom is -0.393 e. The molecular weight excluding hydrogens is 216 g/mol. The van der Waals surface area contributed by atoms with E-state index < -0.39 is 0 Å². The maximum atomic E-state index is 11.9. The van der Waals surface area contributed by atoms with Gasteiger partial charge in [0.15, 0.2) is 0 Å². The molecule has 1 aliphatic rings. The van der Waals surface area contributed by atoms with E-state index in [4.69, 9.17) is 5.73 Å². The molecule has 0 saturated carbocycles. The minimum absolute atomic E-state index is 0.0982. The van der Waals surface area contributed by atoms with E-state index in [0.29, 0.717) is 5.69 Å². The number of nitrogen functional groups attached to an aromatic ring is 1. The van der Waals surface area contributed by atoms with Crippen molar-refractivity contribution >= 4 is 11.4 Å². The second kappa shape index (κ2) is 4.41. The number of aryl methyl sites for hydroxylation is 1. The zero-order valence-corrected chi connectivity index (χ0v) is 10.7. The maximum Gasteiger partial charge on any atom is 0.275 e. The van der Waals surface area contributed by atoms with Gasteiger partial charge in [-0.05, 0) is 20.0 Å². The summed E-state index contributed by atoms with van der Waals surface area (Å²) in [6, 6.07) is 2.00. The molecule has 0 spiro atoms. The van der Waals surface area contributed by atoms with Crippen LogP contribution in [0.4, 0.5) is 11.4 Å². The first-order valence-corrected chi connectivity index (χ1v) is 5.90. The topological polar surface area (TPSA) is 54.5 Å². The van der Waals surface area contributed by atoms with Gasteiger partial charge in [-0.2, -0.15) is 0 Å². The van der Waals surface area contributed by atoms with Crippen molar-refractivity contribution in [1.29, 1.82) is 0 Å². The largest absolute Gasteiger partial charge is 0.393 e. The highest BCUT2D eigenvalue weighted by Gasteiger charge is 2.18. The first-order chi connectivity index (χ1) is 8.00. The van der Waals surface area contributed by atoms with Gasteiger partial charge in [-0.3, -0.25) is 4.79 Å². The summed E-state index contributed by atoms with van der Waals surface area (Å²) in [6.07, 6.45) is 0. The Morgan fingerprint density at radius 3 is 2.35 bits per heavy atom. The van der Waals surface area contributed by atoms with Crippen LogP contribution in [0.3, 0.4) is 0 Å². The molecule has 0 aromatic carbocycles. The predicted molar refractivity (Wildman–Crippen MR) is 70.5 cm³/mol. The average molecular weight is 236 g/mol. The molecule has 1 fully saturated rings. The minimum atomic E-state index is -0.0982. The number of aromatic nitrogens is 1. The van der Waals surface area contributed by atoms with E-state index in [0.717, 1.165) is 37.6 Å². The van der Waals surface area contributed by atoms with Crippen LogP contribution < -0.4 is 16.2 Å². The molecule has 2 heterocycles. The summed E-state index contributed by atoms with van der Waals surface area (Å²) in [6.45, 7) is 5.79. The van der Waals surface area contributed by atoms with Crippen molar-refractivity contribution in [3.05, 3.63) is 22.1 Å². The zero-order chi connectivity index (χ0) is 12.6. The molecule has 0 unspecified atom stereocenters. The predicted octanol–water partition coefficient (Wildman–Crippen LogP) is 0.0277. The second-order valence-electron chi connectivity index (χ2n) is 4.74. The third-order valence-electron chi connectivity index (χ3n) is 3.53. The molecule has 1 aromatic rings. The van der Waals surface area contributed by atoms with Crippen LogP contribution in [0.25, 0.3) is 0 Å². The Balaban J connectivity index is 2.36. The third kappa shape index (κ3) is 2.15. The molecular formula is C12H20N4O. The Morgan fingerprint density at radius 2 is 1.76 bits per heavy atom. The summed E-state index contributed by atoms with van der Waals surface area (Å²) in [5.41, 5.74) is 8.02. The number of hydrogen-bond donors (Lipinski definition) is 1. The van der Waals surface area contributed by atoms with E-state index in [1.807, 2.05) is 13.0 Å². The lowest BCUT2D eigenvalue weighted by Gasteiger charge is -2.34. The molecule has 0 bridgehead atoms. The van der Waals surface area contributed by atoms with Gasteiger partial charge in [-0.25, -0.2) is 0 Å². The monoisotopic (exact) mass is 236 g/mol. The maximum absolute atomic E-state index is 11.9. The fourth-order valence-corrected chi connectivity index (χ4v) is 2.13. The normalized spacial score (nSPS) is 17.5. The number of pyridine rings is 1. The number of piperazine rings is 1. The van der Waals surface area contributed by atoms with E-state index >= 15 is 0 Å². The molecule has 0 amide bonds. The first-order valence-electron chi connectivity index (χ1n) is 5.90. The van der Waals surface area contributed by atoms with Crippen LogP contribution in [-0.4, -0.2) is 42.7 Å². The van der Waals surface area contributed by atoms with E-state index in [-0.39, 0.29) is 5.56 Å². The Hall–Kier alpha value is -1.49. The number of anilines is 2. The molecule has 2 rings (SSSR count). The van der Waals surface area contributed by atoms with Gasteiger partial charge in [0, 0.05) is 38.9 Å². The zero-order valence-electron chi connectivity index (χ0n) is 10.7. The Bertz CT molecular complexity index is 472. The molecule has 0 radical (unpaired) electrons. The van der Waals surface area contributed by atoms with Crippen LogP contribution >= 0.6 is 0 Å². The van der Waals surface area contributed by atoms with Gasteiger partial charge < -0.3 is 20.1 Å². The summed E-state index contributed by atoms with van der Waals surface area (Å²) in [4.78, 5) is 16.4. The van der Waals surface area contributed by atoms with Gasteiger partial charge in [-0.1, -0.05) is 0 Å². The summed E-state index contributed by atoms with van der Waals surface area (Å²) in [7, 11) is 3.86. The lowest BCUT2D eigenvalue weighted by molar-refractivity contribution is 0.313. The summed E-state index contributed by atoms with van der Waals surface area (Å²) in [5, 5.41) is 0. The fraction of sp³-hybridized carbons (Fsp3) is 0.583. The van der Waals surface area contributed by atoms with Crippen LogP contribution in [0.5, 0.6) is 0 Å². The first kappa shape index (κ1) is 12.0. The van der Waals surface area contributed by atoms with E-state index in [1.165, 1.54) is 0 Å². The van der Waals surface area contributed by atoms with Crippen LogP contribution in [0.1, 0.15) is 5.69 Å². The molecule has 0 aliphatic carbocycles. The number of hydrogen-bond acceptors (Lipinski definition) is 4. The van der Waals surface area contributed by atoms with Crippen molar-refractivity contribution in [3.63, 3.8) is 0 Å². The van der Waals surface area contributed by atoms with Crippen LogP contribution in [0.15, 0.2) is 10.9 Å². The highest BCUT2D eigenvalue weighted by atomic mass is 16.1. The summed E-state index contributed by atoms with van der Waals surface area (Å²) >= 11 is 0. The Labute approximate surface area is 101 Å². The van der Waals surface area contributed by atoms with Crippen LogP contribution in [-0.2, 0) is 7.05 Å². The van der Waals surface area contributed by atoms with Crippen LogP contribution in [0.2, 0.25) is 0 Å². The number of likely N-dealkylation sites (N-methyl/N-ethyl adjacent to an activating group) is 1. The molecule has 1 saturated heterocycles. The van der Waals surface area contributed by atoms with Gasteiger partial charge in [0.25, 0.3) is 5.56 Å². The summed E-state index contributed by atoms with van der Waals surface area (Å²) < 4.78 is 1.59. The quantitative estimate of drug-likeness (QED) is 0.747. The Morgan fingerprint density at radius 1 is 1.18 bits per heavy atom. The molecule has 1 aromatic heterocycles. The van der Waals surface area contributed by atoms with E-state index in [9.17, 15) is 4.79 Å². The Kier molecular flexibility index (Phi) is 3.11. The smallest absolute Gasteiger partial charge is 0.275 e. The van der Waals surface area contributed by atoms with Crippen molar-refractivity contribution in [2.45, 2.75) is 6.92 Å². The van der Waals surface area contributed by atoms with Gasteiger partial charge >= 0.3 is 0 Å². The van der Waals surface area contributed by atoms with Crippen molar-refractivity contribution in [3.8, 4) is 0 Å². The van der Waals surface area contributed by atoms with Crippen molar-refractivity contribution in [2.75, 3.05) is 43.9 Å². The van der Waals surface area contributed by atoms with Crippen molar-refractivity contribution < 1.29 is 0 Å². The van der Waals surface area contributed by atoms with Crippen LogP contribution in [0, 0.1) is 6.92 Å². The third-order valence-corrected chi connectivity index (χ3v) is 3.53. The molecule has 5 heteroatoms.